The monoisotopic (exact) mass is 359 g/mol. The maximum atomic E-state index is 2.45. The van der Waals surface area contributed by atoms with Gasteiger partial charge in [0.05, 0.1) is 5.66 Å². The molecule has 0 radical (unpaired) electrons. The molecular weight excluding hydrogens is 331 g/mol. The van der Waals surface area contributed by atoms with Crippen LogP contribution in [0.25, 0.3) is 0 Å². The summed E-state index contributed by atoms with van der Waals surface area (Å²) in [5, 5.41) is 4.62. The van der Waals surface area contributed by atoms with Crippen LogP contribution in [0.5, 0.6) is 0 Å². The van der Waals surface area contributed by atoms with Gasteiger partial charge >= 0.3 is 0 Å². The van der Waals surface area contributed by atoms with Gasteiger partial charge in [-0.05, 0) is 61.6 Å². The van der Waals surface area contributed by atoms with Crippen LogP contribution in [0.4, 0.5) is 0 Å². The Morgan fingerprint density at radius 2 is 1.04 bits per heavy atom. The van der Waals surface area contributed by atoms with E-state index in [4.69, 9.17) is 0 Å². The van der Waals surface area contributed by atoms with Gasteiger partial charge in [0.25, 0.3) is 0 Å². The smallest absolute Gasteiger partial charge is 0.0624 e. The normalized spacial score (nSPS) is 20.7. The van der Waals surface area contributed by atoms with E-state index in [0.717, 1.165) is 11.6 Å². The van der Waals surface area contributed by atoms with Crippen LogP contribution in [0, 0.1) is 5.92 Å². The molecule has 3 aromatic rings. The zero-order valence-electron chi connectivity index (χ0n) is 15.6. The molecular formula is C25H28P+. The maximum absolute atomic E-state index is 2.45. The molecule has 1 aliphatic rings. The van der Waals surface area contributed by atoms with Crippen LogP contribution in [-0.4, -0.2) is 5.66 Å². The van der Waals surface area contributed by atoms with Gasteiger partial charge < -0.3 is 0 Å². The van der Waals surface area contributed by atoms with Crippen LogP contribution < -0.4 is 15.9 Å². The minimum absolute atomic E-state index is 0.735. The van der Waals surface area contributed by atoms with Crippen molar-refractivity contribution in [1.82, 2.24) is 0 Å². The van der Waals surface area contributed by atoms with E-state index in [-0.39, 0.29) is 0 Å². The van der Waals surface area contributed by atoms with E-state index in [1.807, 2.05) is 0 Å². The van der Waals surface area contributed by atoms with Crippen molar-refractivity contribution in [3.8, 4) is 0 Å². The second-order valence-corrected chi connectivity index (χ2v) is 11.4. The Kier molecular flexibility index (Phi) is 5.23. The van der Waals surface area contributed by atoms with E-state index in [2.05, 4.69) is 97.9 Å². The molecule has 0 saturated heterocycles. The van der Waals surface area contributed by atoms with Gasteiger partial charge in [0.15, 0.2) is 0 Å². The lowest BCUT2D eigenvalue weighted by atomic mass is 9.90. The zero-order valence-corrected chi connectivity index (χ0v) is 16.5. The first kappa shape index (κ1) is 17.5. The first-order chi connectivity index (χ1) is 12.8. The summed E-state index contributed by atoms with van der Waals surface area (Å²) in [6, 6.07) is 34.1. The van der Waals surface area contributed by atoms with Gasteiger partial charge in [-0.15, -0.1) is 0 Å². The number of rotatable bonds is 4. The van der Waals surface area contributed by atoms with E-state index in [1.54, 1.807) is 0 Å². The molecule has 1 aliphatic carbocycles. The average Bonchev–Trinajstić information content (AvgIpc) is 2.71. The third kappa shape index (κ3) is 3.12. The van der Waals surface area contributed by atoms with Gasteiger partial charge in [0, 0.05) is 0 Å². The Balaban J connectivity index is 2.00. The number of benzene rings is 3. The summed E-state index contributed by atoms with van der Waals surface area (Å²) in [7, 11) is -1.67. The largest absolute Gasteiger partial charge is 0.115 e. The Morgan fingerprint density at radius 1 is 0.615 bits per heavy atom. The summed E-state index contributed by atoms with van der Waals surface area (Å²) in [5.74, 6) is 0.823. The van der Waals surface area contributed by atoms with Crippen molar-refractivity contribution in [2.75, 3.05) is 0 Å². The fourth-order valence-electron chi connectivity index (χ4n) is 4.82. The standard InChI is InChI=1S/C25H28P/c1-21-12-11-19-25(20-21)26(22-13-5-2-6-14-22,23-15-7-3-8-16-23)24-17-9-4-10-18-24/h2-10,13-18,21,25H,11-12,19-20H2,1H3/q+1. The van der Waals surface area contributed by atoms with Gasteiger partial charge in [0.1, 0.15) is 23.2 Å². The predicted octanol–water partition coefficient (Wildman–Crippen LogP) is 5.56. The van der Waals surface area contributed by atoms with Crippen molar-refractivity contribution in [2.45, 2.75) is 38.3 Å². The summed E-state index contributed by atoms with van der Waals surface area (Å²) in [5.41, 5.74) is 0.735. The lowest BCUT2D eigenvalue weighted by molar-refractivity contribution is 0.391. The summed E-state index contributed by atoms with van der Waals surface area (Å²) in [6.07, 6.45) is 5.43. The third-order valence-corrected chi connectivity index (χ3v) is 10.8. The van der Waals surface area contributed by atoms with E-state index in [1.165, 1.54) is 41.6 Å². The van der Waals surface area contributed by atoms with Crippen LogP contribution in [-0.2, 0) is 0 Å². The SMILES string of the molecule is CC1CCCC([P+](c2ccccc2)(c2ccccc2)c2ccccc2)C1. The van der Waals surface area contributed by atoms with Gasteiger partial charge in [-0.2, -0.15) is 0 Å². The van der Waals surface area contributed by atoms with Gasteiger partial charge in [-0.3, -0.25) is 0 Å². The molecule has 0 bridgehead atoms. The van der Waals surface area contributed by atoms with Crippen molar-refractivity contribution < 1.29 is 0 Å². The highest BCUT2D eigenvalue weighted by atomic mass is 31.2. The van der Waals surface area contributed by atoms with E-state index in [9.17, 15) is 0 Å². The van der Waals surface area contributed by atoms with Crippen LogP contribution >= 0.6 is 7.26 Å². The molecule has 4 rings (SSSR count). The van der Waals surface area contributed by atoms with Crippen LogP contribution in [0.3, 0.4) is 0 Å². The highest BCUT2D eigenvalue weighted by Gasteiger charge is 2.52. The first-order valence-corrected chi connectivity index (χ1v) is 11.7. The first-order valence-electron chi connectivity index (χ1n) is 9.87. The molecule has 1 fully saturated rings. The fourth-order valence-corrected chi connectivity index (χ4v) is 10.2. The molecule has 0 aliphatic heterocycles. The molecule has 0 aromatic heterocycles. The zero-order chi connectivity index (χ0) is 17.8. The number of hydrogen-bond donors (Lipinski definition) is 0. The van der Waals surface area contributed by atoms with Gasteiger partial charge in [-0.1, -0.05) is 67.9 Å². The quantitative estimate of drug-likeness (QED) is 0.535. The molecule has 0 heterocycles. The molecule has 3 aromatic carbocycles. The van der Waals surface area contributed by atoms with Crippen LogP contribution in [0.2, 0.25) is 0 Å². The maximum Gasteiger partial charge on any atom is 0.115 e. The summed E-state index contributed by atoms with van der Waals surface area (Å²) >= 11 is 0. The molecule has 0 spiro atoms. The molecule has 2 unspecified atom stereocenters. The highest BCUT2D eigenvalue weighted by Crippen LogP contribution is 2.63. The Labute approximate surface area is 158 Å². The lowest BCUT2D eigenvalue weighted by Gasteiger charge is -2.38. The molecule has 132 valence electrons. The topological polar surface area (TPSA) is 0 Å². The number of hydrogen-bond acceptors (Lipinski definition) is 0. The van der Waals surface area contributed by atoms with Crippen molar-refractivity contribution in [3.05, 3.63) is 91.0 Å². The van der Waals surface area contributed by atoms with Crippen molar-refractivity contribution >= 4 is 23.2 Å². The van der Waals surface area contributed by atoms with Crippen LogP contribution in [0.15, 0.2) is 91.0 Å². The molecule has 0 amide bonds. The second-order valence-electron chi connectivity index (χ2n) is 7.65. The molecule has 0 nitrogen and oxygen atoms in total. The van der Waals surface area contributed by atoms with Crippen molar-refractivity contribution in [3.63, 3.8) is 0 Å². The molecule has 26 heavy (non-hydrogen) atoms. The predicted molar refractivity (Wildman–Crippen MR) is 117 cm³/mol. The Morgan fingerprint density at radius 3 is 1.42 bits per heavy atom. The van der Waals surface area contributed by atoms with Crippen LogP contribution in [0.1, 0.15) is 32.6 Å². The second kappa shape index (κ2) is 7.77. The fraction of sp³-hybridized carbons (Fsp3) is 0.280. The Bertz CT molecular complexity index is 714. The molecule has 1 saturated carbocycles. The molecule has 1 heteroatoms. The van der Waals surface area contributed by atoms with E-state index < -0.39 is 7.26 Å². The molecule has 0 N–H and O–H groups in total. The molecule has 2 atom stereocenters. The summed E-state index contributed by atoms with van der Waals surface area (Å²) < 4.78 is 0. The van der Waals surface area contributed by atoms with E-state index in [0.29, 0.717) is 0 Å². The highest BCUT2D eigenvalue weighted by molar-refractivity contribution is 7.96. The van der Waals surface area contributed by atoms with Crippen molar-refractivity contribution in [2.24, 2.45) is 5.92 Å². The Hall–Kier alpha value is -1.91. The minimum Gasteiger partial charge on any atom is -0.0624 e. The minimum atomic E-state index is -1.67. The van der Waals surface area contributed by atoms with Gasteiger partial charge in [0.2, 0.25) is 0 Å². The third-order valence-electron chi connectivity index (χ3n) is 5.95. The lowest BCUT2D eigenvalue weighted by Crippen LogP contribution is -2.40. The average molecular weight is 359 g/mol. The summed E-state index contributed by atoms with van der Waals surface area (Å²) in [6.45, 7) is 2.45. The van der Waals surface area contributed by atoms with E-state index >= 15 is 0 Å². The van der Waals surface area contributed by atoms with Crippen molar-refractivity contribution in [1.29, 1.82) is 0 Å². The van der Waals surface area contributed by atoms with Gasteiger partial charge in [-0.25, -0.2) is 0 Å². The summed E-state index contributed by atoms with van der Waals surface area (Å²) in [4.78, 5) is 0.